The van der Waals surface area contributed by atoms with E-state index in [4.69, 9.17) is 5.11 Å². The van der Waals surface area contributed by atoms with Crippen LogP contribution in [0.3, 0.4) is 0 Å². The van der Waals surface area contributed by atoms with Gasteiger partial charge in [-0.1, -0.05) is 42.5 Å². The number of benzene rings is 1. The lowest BCUT2D eigenvalue weighted by Crippen LogP contribution is -2.33. The summed E-state index contributed by atoms with van der Waals surface area (Å²) in [6.45, 7) is -0.607. The lowest BCUT2D eigenvalue weighted by Gasteiger charge is -2.07. The highest BCUT2D eigenvalue weighted by Gasteiger charge is 2.35. The van der Waals surface area contributed by atoms with Crippen LogP contribution >= 0.6 is 11.8 Å². The van der Waals surface area contributed by atoms with Crippen molar-refractivity contribution in [3.8, 4) is 0 Å². The molecular weight excluding hydrogens is 278 g/mol. The number of allylic oxidation sites excluding steroid dienone is 2. The SMILES string of the molecule is O=C(O)CN1C(=O)S/C(=C\C=C\c2ccccc2)C1=O. The molecule has 1 saturated heterocycles. The molecule has 1 heterocycles. The van der Waals surface area contributed by atoms with Crippen molar-refractivity contribution in [2.75, 3.05) is 6.54 Å². The fourth-order valence-electron chi connectivity index (χ4n) is 1.60. The molecule has 1 aromatic rings. The molecule has 1 N–H and O–H groups in total. The van der Waals surface area contributed by atoms with E-state index in [9.17, 15) is 14.4 Å². The average Bonchev–Trinajstić information content (AvgIpc) is 2.67. The van der Waals surface area contributed by atoms with E-state index in [0.29, 0.717) is 0 Å². The standard InChI is InChI=1S/C14H11NO4S/c16-12(17)9-15-13(18)11(20-14(15)19)8-4-7-10-5-2-1-3-6-10/h1-8H,9H2,(H,16,17)/b7-4+,11-8-. The predicted molar refractivity (Wildman–Crippen MR) is 75.9 cm³/mol. The molecule has 0 aromatic heterocycles. The van der Waals surface area contributed by atoms with Crippen molar-refractivity contribution in [2.24, 2.45) is 0 Å². The molecule has 1 fully saturated rings. The van der Waals surface area contributed by atoms with Gasteiger partial charge in [-0.3, -0.25) is 19.3 Å². The molecule has 0 aliphatic carbocycles. The zero-order chi connectivity index (χ0) is 14.5. The number of nitrogens with zero attached hydrogens (tertiary/aromatic N) is 1. The second-order valence-corrected chi connectivity index (χ2v) is 4.95. The fraction of sp³-hybridized carbons (Fsp3) is 0.0714. The molecule has 20 heavy (non-hydrogen) atoms. The van der Waals surface area contributed by atoms with Crippen molar-refractivity contribution in [3.63, 3.8) is 0 Å². The van der Waals surface area contributed by atoms with Gasteiger partial charge in [-0.15, -0.1) is 0 Å². The Hall–Kier alpha value is -2.34. The number of thioether (sulfide) groups is 1. The van der Waals surface area contributed by atoms with Crippen LogP contribution in [-0.4, -0.2) is 33.7 Å². The summed E-state index contributed by atoms with van der Waals surface area (Å²) >= 11 is 0.743. The zero-order valence-corrected chi connectivity index (χ0v) is 11.2. The van der Waals surface area contributed by atoms with E-state index in [1.807, 2.05) is 30.3 Å². The number of carboxylic acid groups (broad SMARTS) is 1. The number of rotatable bonds is 4. The molecule has 0 atom stereocenters. The summed E-state index contributed by atoms with van der Waals surface area (Å²) in [5.74, 6) is -1.78. The number of carbonyl (C=O) groups is 3. The molecule has 2 rings (SSSR count). The summed E-state index contributed by atoms with van der Waals surface area (Å²) in [4.78, 5) is 34.8. The van der Waals surface area contributed by atoms with Gasteiger partial charge in [0.2, 0.25) is 0 Å². The monoisotopic (exact) mass is 289 g/mol. The zero-order valence-electron chi connectivity index (χ0n) is 10.4. The van der Waals surface area contributed by atoms with Crippen molar-refractivity contribution < 1.29 is 19.5 Å². The third-order valence-electron chi connectivity index (χ3n) is 2.50. The summed E-state index contributed by atoms with van der Waals surface area (Å²) in [7, 11) is 0. The largest absolute Gasteiger partial charge is 0.480 e. The van der Waals surface area contributed by atoms with E-state index >= 15 is 0 Å². The second-order valence-electron chi connectivity index (χ2n) is 3.95. The quantitative estimate of drug-likeness (QED) is 0.861. The number of carbonyl (C=O) groups excluding carboxylic acids is 2. The minimum atomic E-state index is -1.21. The number of hydrogen-bond donors (Lipinski definition) is 1. The van der Waals surface area contributed by atoms with Gasteiger partial charge >= 0.3 is 5.97 Å². The molecule has 0 radical (unpaired) electrons. The smallest absolute Gasteiger partial charge is 0.323 e. The molecule has 1 aliphatic rings. The Balaban J connectivity index is 2.08. The van der Waals surface area contributed by atoms with E-state index in [1.165, 1.54) is 6.08 Å². The van der Waals surface area contributed by atoms with Crippen molar-refractivity contribution >= 4 is 35.0 Å². The van der Waals surface area contributed by atoms with E-state index in [0.717, 1.165) is 22.2 Å². The average molecular weight is 289 g/mol. The third-order valence-corrected chi connectivity index (χ3v) is 3.43. The lowest BCUT2D eigenvalue weighted by atomic mass is 10.2. The predicted octanol–water partition coefficient (Wildman–Crippen LogP) is 2.36. The van der Waals surface area contributed by atoms with Gasteiger partial charge in [0.1, 0.15) is 6.54 Å². The molecule has 0 spiro atoms. The van der Waals surface area contributed by atoms with E-state index < -0.39 is 23.7 Å². The first kappa shape index (κ1) is 14.1. The Morgan fingerprint density at radius 3 is 2.60 bits per heavy atom. The van der Waals surface area contributed by atoms with Gasteiger partial charge in [-0.25, -0.2) is 0 Å². The molecule has 1 aromatic carbocycles. The van der Waals surface area contributed by atoms with Crippen LogP contribution in [0.2, 0.25) is 0 Å². The number of aliphatic carboxylic acids is 1. The summed E-state index contributed by atoms with van der Waals surface area (Å²) in [5.41, 5.74) is 0.966. The maximum Gasteiger partial charge on any atom is 0.323 e. The van der Waals surface area contributed by atoms with Crippen LogP contribution in [0.5, 0.6) is 0 Å². The maximum atomic E-state index is 11.8. The van der Waals surface area contributed by atoms with Crippen LogP contribution in [0.4, 0.5) is 4.79 Å². The summed E-state index contributed by atoms with van der Waals surface area (Å²) < 4.78 is 0. The van der Waals surface area contributed by atoms with Crippen molar-refractivity contribution in [1.29, 1.82) is 0 Å². The number of carboxylic acids is 1. The molecule has 1 aliphatic heterocycles. The van der Waals surface area contributed by atoms with Crippen LogP contribution in [0.1, 0.15) is 5.56 Å². The Bertz CT molecular complexity index is 607. The highest BCUT2D eigenvalue weighted by Crippen LogP contribution is 2.30. The minimum Gasteiger partial charge on any atom is -0.480 e. The Kier molecular flexibility index (Phi) is 4.37. The van der Waals surface area contributed by atoms with E-state index in [1.54, 1.807) is 12.2 Å². The van der Waals surface area contributed by atoms with Crippen LogP contribution in [0.25, 0.3) is 6.08 Å². The number of imide groups is 1. The Morgan fingerprint density at radius 2 is 1.95 bits per heavy atom. The second kappa shape index (κ2) is 6.21. The van der Waals surface area contributed by atoms with Gasteiger partial charge in [0, 0.05) is 0 Å². The molecule has 0 saturated carbocycles. The van der Waals surface area contributed by atoms with Gasteiger partial charge in [-0.05, 0) is 23.4 Å². The fourth-order valence-corrected chi connectivity index (χ4v) is 2.39. The van der Waals surface area contributed by atoms with Gasteiger partial charge in [0.15, 0.2) is 0 Å². The Labute approximate surface area is 119 Å². The molecule has 0 unspecified atom stereocenters. The molecule has 0 bridgehead atoms. The number of hydrogen-bond acceptors (Lipinski definition) is 4. The summed E-state index contributed by atoms with van der Waals surface area (Å²) in [6, 6.07) is 9.48. The molecule has 102 valence electrons. The van der Waals surface area contributed by atoms with E-state index in [-0.39, 0.29) is 4.91 Å². The first-order chi connectivity index (χ1) is 9.58. The van der Waals surface area contributed by atoms with Gasteiger partial charge in [-0.2, -0.15) is 0 Å². The van der Waals surface area contributed by atoms with Crippen LogP contribution < -0.4 is 0 Å². The highest BCUT2D eigenvalue weighted by molar-refractivity contribution is 8.18. The minimum absolute atomic E-state index is 0.225. The summed E-state index contributed by atoms with van der Waals surface area (Å²) in [5, 5.41) is 8.07. The van der Waals surface area contributed by atoms with Gasteiger partial charge < -0.3 is 5.11 Å². The van der Waals surface area contributed by atoms with Gasteiger partial charge in [0.05, 0.1) is 4.91 Å². The molecule has 2 amide bonds. The third kappa shape index (κ3) is 3.36. The van der Waals surface area contributed by atoms with Gasteiger partial charge in [0.25, 0.3) is 11.1 Å². The van der Waals surface area contributed by atoms with Crippen molar-refractivity contribution in [1.82, 2.24) is 4.90 Å². The van der Waals surface area contributed by atoms with Crippen LogP contribution in [-0.2, 0) is 9.59 Å². The summed E-state index contributed by atoms with van der Waals surface area (Å²) in [6.07, 6.45) is 4.97. The Morgan fingerprint density at radius 1 is 1.25 bits per heavy atom. The first-order valence-electron chi connectivity index (χ1n) is 5.77. The topological polar surface area (TPSA) is 74.7 Å². The van der Waals surface area contributed by atoms with Crippen molar-refractivity contribution in [3.05, 3.63) is 53.0 Å². The number of amides is 2. The van der Waals surface area contributed by atoms with Crippen LogP contribution in [0.15, 0.2) is 47.4 Å². The maximum absolute atomic E-state index is 11.8. The molecule has 5 nitrogen and oxygen atoms in total. The van der Waals surface area contributed by atoms with E-state index in [2.05, 4.69) is 0 Å². The normalized spacial score (nSPS) is 17.4. The molecule has 6 heteroatoms. The first-order valence-corrected chi connectivity index (χ1v) is 6.58. The molecular formula is C14H11NO4S. The lowest BCUT2D eigenvalue weighted by molar-refractivity contribution is -0.140. The van der Waals surface area contributed by atoms with Crippen molar-refractivity contribution in [2.45, 2.75) is 0 Å². The highest BCUT2D eigenvalue weighted by atomic mass is 32.2. The van der Waals surface area contributed by atoms with Crippen LogP contribution in [0, 0.1) is 0 Å².